The summed E-state index contributed by atoms with van der Waals surface area (Å²) >= 11 is 0. The van der Waals surface area contributed by atoms with Crippen LogP contribution in [0.1, 0.15) is 42.7 Å². The summed E-state index contributed by atoms with van der Waals surface area (Å²) < 4.78 is 11.2. The molecule has 3 atom stereocenters. The number of fused-ring (bicyclic) bond motifs is 1. The molecule has 1 heterocycles. The van der Waals surface area contributed by atoms with E-state index in [-0.39, 0.29) is 24.6 Å². The number of carbonyl (C=O) groups is 2. The summed E-state index contributed by atoms with van der Waals surface area (Å²) in [5, 5.41) is 11.0. The minimum Gasteiger partial charge on any atom is -0.454 e. The highest BCUT2D eigenvalue weighted by Gasteiger charge is 2.29. The molecular formula is C26H31N3O5. The van der Waals surface area contributed by atoms with Crippen LogP contribution in [0.15, 0.2) is 60.8 Å². The van der Waals surface area contributed by atoms with Crippen molar-refractivity contribution in [2.45, 2.75) is 51.4 Å². The Bertz CT molecular complexity index is 1090. The Labute approximate surface area is 199 Å². The molecule has 3 aromatic rings. The van der Waals surface area contributed by atoms with Gasteiger partial charge in [0.15, 0.2) is 5.69 Å². The highest BCUT2D eigenvalue weighted by atomic mass is 16.6. The summed E-state index contributed by atoms with van der Waals surface area (Å²) in [5.74, 6) is -1.85. The SMILES string of the molecule is CC(C)OCC[C@H](C[C@H](O)[C@H](Cc1ccccc1)OC(=O)c1cnc2ccccc2n1)C(N)=O. The van der Waals surface area contributed by atoms with Gasteiger partial charge >= 0.3 is 5.97 Å². The molecule has 1 aromatic heterocycles. The second kappa shape index (κ2) is 12.2. The van der Waals surface area contributed by atoms with Gasteiger partial charge in [-0.15, -0.1) is 0 Å². The third kappa shape index (κ3) is 7.33. The van der Waals surface area contributed by atoms with Crippen molar-refractivity contribution in [1.29, 1.82) is 0 Å². The normalized spacial score (nSPS) is 14.0. The molecule has 0 aliphatic carbocycles. The van der Waals surface area contributed by atoms with Crippen molar-refractivity contribution < 1.29 is 24.2 Å². The maximum atomic E-state index is 12.9. The summed E-state index contributed by atoms with van der Waals surface area (Å²) in [6.07, 6.45) is 0.0328. The third-order valence-corrected chi connectivity index (χ3v) is 5.47. The summed E-state index contributed by atoms with van der Waals surface area (Å²) in [6.45, 7) is 4.14. The number of esters is 1. The fraction of sp³-hybridized carbons (Fsp3) is 0.385. The number of aliphatic hydroxyl groups excluding tert-OH is 1. The highest BCUT2D eigenvalue weighted by molar-refractivity contribution is 5.89. The minimum absolute atomic E-state index is 0.0216. The van der Waals surface area contributed by atoms with Gasteiger partial charge in [-0.2, -0.15) is 0 Å². The molecule has 3 N–H and O–H groups in total. The Morgan fingerprint density at radius 1 is 1.03 bits per heavy atom. The number of primary amides is 1. The van der Waals surface area contributed by atoms with E-state index in [4.69, 9.17) is 15.2 Å². The molecular weight excluding hydrogens is 434 g/mol. The van der Waals surface area contributed by atoms with Crippen LogP contribution in [0.3, 0.4) is 0 Å². The topological polar surface area (TPSA) is 125 Å². The lowest BCUT2D eigenvalue weighted by atomic mass is 9.92. The molecule has 3 rings (SSSR count). The number of para-hydroxylation sites is 2. The average Bonchev–Trinajstić information content (AvgIpc) is 2.82. The largest absolute Gasteiger partial charge is 0.454 e. The third-order valence-electron chi connectivity index (χ3n) is 5.47. The minimum atomic E-state index is -1.12. The van der Waals surface area contributed by atoms with Gasteiger partial charge in [-0.05, 0) is 44.4 Å². The molecule has 0 spiro atoms. The maximum Gasteiger partial charge on any atom is 0.358 e. The number of aliphatic hydroxyl groups is 1. The first-order chi connectivity index (χ1) is 16.3. The Morgan fingerprint density at radius 2 is 1.71 bits per heavy atom. The van der Waals surface area contributed by atoms with Gasteiger partial charge in [0.25, 0.3) is 0 Å². The van der Waals surface area contributed by atoms with Crippen LogP contribution >= 0.6 is 0 Å². The number of hydrogen-bond acceptors (Lipinski definition) is 7. The fourth-order valence-electron chi connectivity index (χ4n) is 3.62. The molecule has 0 aliphatic rings. The van der Waals surface area contributed by atoms with Gasteiger partial charge < -0.3 is 20.3 Å². The molecule has 2 aromatic carbocycles. The van der Waals surface area contributed by atoms with Crippen molar-refractivity contribution >= 4 is 22.9 Å². The van der Waals surface area contributed by atoms with Gasteiger partial charge in [0, 0.05) is 18.9 Å². The average molecular weight is 466 g/mol. The standard InChI is InChI=1S/C26H31N3O5/c1-17(2)33-13-12-19(25(27)31)15-23(30)24(14-18-8-4-3-5-9-18)34-26(32)22-16-28-20-10-6-7-11-21(20)29-22/h3-11,16-17,19,23-24,30H,12-15H2,1-2H3,(H2,27,31)/t19-,23+,24+/m1/s1. The van der Waals surface area contributed by atoms with Crippen LogP contribution in [0.5, 0.6) is 0 Å². The van der Waals surface area contributed by atoms with Crippen LogP contribution in [0.25, 0.3) is 11.0 Å². The first-order valence-electron chi connectivity index (χ1n) is 11.4. The number of amides is 1. The van der Waals surface area contributed by atoms with Gasteiger partial charge in [-0.3, -0.25) is 9.78 Å². The quantitative estimate of drug-likeness (QED) is 0.394. The van der Waals surface area contributed by atoms with Gasteiger partial charge in [0.2, 0.25) is 5.91 Å². The number of aromatic nitrogens is 2. The summed E-state index contributed by atoms with van der Waals surface area (Å²) in [4.78, 5) is 33.5. The number of rotatable bonds is 12. The molecule has 0 bridgehead atoms. The monoisotopic (exact) mass is 465 g/mol. The number of carbonyl (C=O) groups excluding carboxylic acids is 2. The Hall–Kier alpha value is -3.36. The molecule has 8 heteroatoms. The smallest absolute Gasteiger partial charge is 0.358 e. The molecule has 0 radical (unpaired) electrons. The molecule has 180 valence electrons. The second-order valence-electron chi connectivity index (χ2n) is 8.49. The predicted molar refractivity (Wildman–Crippen MR) is 128 cm³/mol. The van der Waals surface area contributed by atoms with E-state index < -0.39 is 30.0 Å². The number of nitrogens with zero attached hydrogens (tertiary/aromatic N) is 2. The predicted octanol–water partition coefficient (Wildman–Crippen LogP) is 3.07. The number of benzene rings is 2. The summed E-state index contributed by atoms with van der Waals surface area (Å²) in [5.41, 5.74) is 7.71. The zero-order valence-electron chi connectivity index (χ0n) is 19.5. The number of ether oxygens (including phenoxy) is 2. The van der Waals surface area contributed by atoms with Gasteiger partial charge in [-0.25, -0.2) is 9.78 Å². The Kier molecular flexibility index (Phi) is 9.07. The first kappa shape index (κ1) is 25.3. The van der Waals surface area contributed by atoms with Crippen LogP contribution in [0.2, 0.25) is 0 Å². The van der Waals surface area contributed by atoms with Gasteiger partial charge in [0.05, 0.1) is 29.4 Å². The molecule has 0 fully saturated rings. The highest BCUT2D eigenvalue weighted by Crippen LogP contribution is 2.20. The maximum absolute atomic E-state index is 12.9. The van der Waals surface area contributed by atoms with Crippen molar-refractivity contribution in [2.75, 3.05) is 6.61 Å². The van der Waals surface area contributed by atoms with Crippen molar-refractivity contribution in [3.63, 3.8) is 0 Å². The van der Waals surface area contributed by atoms with Crippen molar-refractivity contribution in [2.24, 2.45) is 11.7 Å². The lowest BCUT2D eigenvalue weighted by molar-refractivity contribution is -0.124. The van der Waals surface area contributed by atoms with Crippen molar-refractivity contribution in [3.8, 4) is 0 Å². The lowest BCUT2D eigenvalue weighted by Crippen LogP contribution is -2.38. The Balaban J connectivity index is 1.76. The summed E-state index contributed by atoms with van der Waals surface area (Å²) in [7, 11) is 0. The second-order valence-corrected chi connectivity index (χ2v) is 8.49. The zero-order valence-corrected chi connectivity index (χ0v) is 19.5. The number of nitrogens with two attached hydrogens (primary N) is 1. The number of hydrogen-bond donors (Lipinski definition) is 2. The van der Waals surface area contributed by atoms with Crippen LogP contribution in [0, 0.1) is 5.92 Å². The first-order valence-corrected chi connectivity index (χ1v) is 11.4. The van der Waals surface area contributed by atoms with Gasteiger partial charge in [-0.1, -0.05) is 42.5 Å². The fourth-order valence-corrected chi connectivity index (χ4v) is 3.62. The van der Waals surface area contributed by atoms with Gasteiger partial charge in [0.1, 0.15) is 6.10 Å². The molecule has 0 aliphatic heterocycles. The molecule has 8 nitrogen and oxygen atoms in total. The van der Waals surface area contributed by atoms with E-state index in [1.807, 2.05) is 50.2 Å². The van der Waals surface area contributed by atoms with E-state index in [1.54, 1.807) is 18.2 Å². The van der Waals surface area contributed by atoms with E-state index in [2.05, 4.69) is 9.97 Å². The van der Waals surface area contributed by atoms with Crippen LogP contribution in [0.4, 0.5) is 0 Å². The van der Waals surface area contributed by atoms with E-state index in [0.717, 1.165) is 5.56 Å². The van der Waals surface area contributed by atoms with Crippen molar-refractivity contribution in [1.82, 2.24) is 9.97 Å². The zero-order chi connectivity index (χ0) is 24.5. The van der Waals surface area contributed by atoms with Crippen LogP contribution in [-0.4, -0.2) is 51.9 Å². The van der Waals surface area contributed by atoms with Crippen molar-refractivity contribution in [3.05, 3.63) is 72.1 Å². The molecule has 0 saturated heterocycles. The molecule has 1 amide bonds. The van der Waals surface area contributed by atoms with E-state index in [9.17, 15) is 14.7 Å². The van der Waals surface area contributed by atoms with Crippen LogP contribution in [-0.2, 0) is 20.7 Å². The molecule has 34 heavy (non-hydrogen) atoms. The van der Waals surface area contributed by atoms with Crippen LogP contribution < -0.4 is 5.73 Å². The van der Waals surface area contributed by atoms with E-state index >= 15 is 0 Å². The Morgan fingerprint density at radius 3 is 2.38 bits per heavy atom. The lowest BCUT2D eigenvalue weighted by Gasteiger charge is -2.26. The summed E-state index contributed by atoms with van der Waals surface area (Å²) in [6, 6.07) is 16.6. The van der Waals surface area contributed by atoms with E-state index in [0.29, 0.717) is 24.1 Å². The molecule has 0 unspecified atom stereocenters. The molecule has 0 saturated carbocycles. The van der Waals surface area contributed by atoms with E-state index in [1.165, 1.54) is 6.20 Å².